The van der Waals surface area contributed by atoms with Crippen LogP contribution in [-0.2, 0) is 36.9 Å². The van der Waals surface area contributed by atoms with Gasteiger partial charge in [0.2, 0.25) is 0 Å². The average molecular weight is 499 g/mol. The van der Waals surface area contributed by atoms with E-state index in [1.807, 2.05) is 32.0 Å². The topological polar surface area (TPSA) is 97.7 Å². The van der Waals surface area contributed by atoms with Crippen LogP contribution in [-0.4, -0.2) is 10.9 Å². The number of fused-ring (bicyclic) bond motifs is 6. The molecule has 0 bridgehead atoms. The molecule has 0 fully saturated rings. The fourth-order valence-corrected chi connectivity index (χ4v) is 6.38. The highest BCUT2D eigenvalue weighted by Gasteiger charge is 2.28. The molecule has 0 spiro atoms. The molecular weight excluding hydrogens is 468 g/mol. The first kappa shape index (κ1) is 23.9. The average Bonchev–Trinajstić information content (AvgIpc) is 2.87. The second-order valence-corrected chi connectivity index (χ2v) is 10.7. The summed E-state index contributed by atoms with van der Waals surface area (Å²) >= 11 is 0. The summed E-state index contributed by atoms with van der Waals surface area (Å²) in [5, 5.41) is 12.9. The van der Waals surface area contributed by atoms with Gasteiger partial charge in [0.05, 0.1) is 0 Å². The number of Topliss-reactive ketones (excluding diaryl/α,β-unsaturated/α-hetero) is 1. The number of rotatable bonds is 4. The zero-order chi connectivity index (χ0) is 25.8. The number of ketones is 1. The number of carbonyl (C=O) groups is 1. The third-order valence-corrected chi connectivity index (χ3v) is 8.01. The molecule has 0 saturated heterocycles. The van der Waals surface area contributed by atoms with E-state index in [4.69, 9.17) is 8.83 Å². The van der Waals surface area contributed by atoms with E-state index >= 15 is 0 Å². The van der Waals surface area contributed by atoms with Crippen molar-refractivity contribution < 1.29 is 18.7 Å². The molecule has 6 nitrogen and oxygen atoms in total. The number of aryl methyl sites for hydroxylation is 4. The van der Waals surface area contributed by atoms with Gasteiger partial charge in [-0.1, -0.05) is 12.1 Å². The molecule has 0 amide bonds. The van der Waals surface area contributed by atoms with E-state index in [2.05, 4.69) is 0 Å². The fourth-order valence-electron chi connectivity index (χ4n) is 6.38. The minimum absolute atomic E-state index is 0.00786. The molecule has 2 aromatic heterocycles. The second kappa shape index (κ2) is 9.10. The highest BCUT2D eigenvalue weighted by molar-refractivity contribution is 5.96. The van der Waals surface area contributed by atoms with Gasteiger partial charge in [-0.05, 0) is 111 Å². The number of carbonyl (C=O) groups excluding carboxylic acids is 1. The highest BCUT2D eigenvalue weighted by atomic mass is 16.4. The summed E-state index contributed by atoms with van der Waals surface area (Å²) in [6.45, 7) is 3.77. The first-order valence-corrected chi connectivity index (χ1v) is 13.2. The second-order valence-electron chi connectivity index (χ2n) is 10.7. The molecule has 1 atom stereocenters. The first-order valence-electron chi connectivity index (χ1n) is 13.2. The SMILES string of the molecule is Cc1cc(CC(=O)C(O)c2cc(C)cc3oc(=O)c4c(c23)CCCC4)c2c3c(c(=O)oc2c1)CCCC3. The zero-order valence-corrected chi connectivity index (χ0v) is 21.2. The number of aliphatic hydroxyl groups excluding tert-OH is 1. The number of hydrogen-bond donors (Lipinski definition) is 1. The van der Waals surface area contributed by atoms with E-state index in [1.54, 1.807) is 6.07 Å². The van der Waals surface area contributed by atoms with Crippen LogP contribution in [0.15, 0.2) is 42.7 Å². The van der Waals surface area contributed by atoms with Gasteiger partial charge < -0.3 is 13.9 Å². The van der Waals surface area contributed by atoms with Crippen molar-refractivity contribution in [2.45, 2.75) is 77.7 Å². The monoisotopic (exact) mass is 498 g/mol. The largest absolute Gasteiger partial charge is 0.422 e. The molecular formula is C31H30O6. The Bertz CT molecular complexity index is 1700. The van der Waals surface area contributed by atoms with Crippen LogP contribution in [0.4, 0.5) is 0 Å². The summed E-state index contributed by atoms with van der Waals surface area (Å²) in [4.78, 5) is 38.9. The Kier molecular flexibility index (Phi) is 5.87. The molecule has 2 aromatic carbocycles. The molecule has 1 unspecified atom stereocenters. The third-order valence-electron chi connectivity index (χ3n) is 8.01. The van der Waals surface area contributed by atoms with E-state index in [-0.39, 0.29) is 23.5 Å². The smallest absolute Gasteiger partial charge is 0.339 e. The van der Waals surface area contributed by atoms with E-state index in [0.29, 0.717) is 46.1 Å². The highest BCUT2D eigenvalue weighted by Crippen LogP contribution is 2.35. The summed E-state index contributed by atoms with van der Waals surface area (Å²) in [5.74, 6) is -0.342. The molecule has 0 aliphatic heterocycles. The van der Waals surface area contributed by atoms with Crippen molar-refractivity contribution in [3.05, 3.63) is 89.6 Å². The Morgan fingerprint density at radius 1 is 0.757 bits per heavy atom. The lowest BCUT2D eigenvalue weighted by Gasteiger charge is -2.21. The number of aliphatic hydroxyl groups is 1. The van der Waals surface area contributed by atoms with Crippen molar-refractivity contribution >= 4 is 27.7 Å². The van der Waals surface area contributed by atoms with Crippen molar-refractivity contribution in [2.24, 2.45) is 0 Å². The van der Waals surface area contributed by atoms with E-state index in [1.165, 1.54) is 0 Å². The van der Waals surface area contributed by atoms with Crippen LogP contribution >= 0.6 is 0 Å². The van der Waals surface area contributed by atoms with E-state index in [9.17, 15) is 19.5 Å². The molecule has 37 heavy (non-hydrogen) atoms. The van der Waals surface area contributed by atoms with Crippen molar-refractivity contribution in [1.82, 2.24) is 0 Å². The Morgan fingerprint density at radius 2 is 1.24 bits per heavy atom. The molecule has 0 saturated carbocycles. The summed E-state index contributed by atoms with van der Waals surface area (Å²) < 4.78 is 11.3. The van der Waals surface area contributed by atoms with Gasteiger partial charge in [0.15, 0.2) is 5.78 Å². The van der Waals surface area contributed by atoms with Gasteiger partial charge in [-0.15, -0.1) is 0 Å². The zero-order valence-electron chi connectivity index (χ0n) is 21.2. The molecule has 2 aliphatic rings. The van der Waals surface area contributed by atoms with Crippen molar-refractivity contribution in [1.29, 1.82) is 0 Å². The Labute approximate surface area is 213 Å². The van der Waals surface area contributed by atoms with E-state index < -0.39 is 6.10 Å². The van der Waals surface area contributed by atoms with Crippen molar-refractivity contribution in [2.75, 3.05) is 0 Å². The van der Waals surface area contributed by atoms with Crippen LogP contribution < -0.4 is 11.3 Å². The van der Waals surface area contributed by atoms with Crippen LogP contribution in [0.2, 0.25) is 0 Å². The Hall–Kier alpha value is -3.51. The van der Waals surface area contributed by atoms with Crippen molar-refractivity contribution in [3.63, 3.8) is 0 Å². The molecule has 6 heteroatoms. The first-order chi connectivity index (χ1) is 17.8. The predicted octanol–water partition coefficient (Wildman–Crippen LogP) is 5.12. The third kappa shape index (κ3) is 4.04. The minimum atomic E-state index is -1.37. The predicted molar refractivity (Wildman–Crippen MR) is 141 cm³/mol. The summed E-state index contributed by atoms with van der Waals surface area (Å²) in [7, 11) is 0. The molecule has 190 valence electrons. The van der Waals surface area contributed by atoms with Gasteiger partial charge in [-0.25, -0.2) is 9.59 Å². The maximum atomic E-state index is 13.7. The van der Waals surface area contributed by atoms with Crippen LogP contribution in [0, 0.1) is 13.8 Å². The van der Waals surface area contributed by atoms with Crippen LogP contribution in [0.3, 0.4) is 0 Å². The quantitative estimate of drug-likeness (QED) is 0.392. The van der Waals surface area contributed by atoms with Crippen LogP contribution in [0.25, 0.3) is 21.9 Å². The van der Waals surface area contributed by atoms with Gasteiger partial charge in [-0.3, -0.25) is 4.79 Å². The molecule has 0 radical (unpaired) electrons. The summed E-state index contributed by atoms with van der Waals surface area (Å²) in [6, 6.07) is 7.43. The van der Waals surface area contributed by atoms with Gasteiger partial charge in [0.1, 0.15) is 17.3 Å². The lowest BCUT2D eigenvalue weighted by atomic mass is 9.85. The molecule has 4 aromatic rings. The maximum Gasteiger partial charge on any atom is 0.339 e. The van der Waals surface area contributed by atoms with Crippen molar-refractivity contribution in [3.8, 4) is 0 Å². The molecule has 2 aliphatic carbocycles. The fraction of sp³-hybridized carbons (Fsp3) is 0.387. The van der Waals surface area contributed by atoms with Gasteiger partial charge in [0, 0.05) is 28.3 Å². The lowest BCUT2D eigenvalue weighted by molar-refractivity contribution is -0.126. The minimum Gasteiger partial charge on any atom is -0.422 e. The number of benzene rings is 2. The molecule has 1 N–H and O–H groups in total. The Balaban J connectivity index is 1.47. The summed E-state index contributed by atoms with van der Waals surface area (Å²) in [5.41, 5.74) is 6.52. The molecule has 6 rings (SSSR count). The maximum absolute atomic E-state index is 13.7. The van der Waals surface area contributed by atoms with Crippen LogP contribution in [0.5, 0.6) is 0 Å². The van der Waals surface area contributed by atoms with Gasteiger partial charge in [-0.2, -0.15) is 0 Å². The Morgan fingerprint density at radius 3 is 1.84 bits per heavy atom. The number of hydrogen-bond acceptors (Lipinski definition) is 6. The molecule has 2 heterocycles. The lowest BCUT2D eigenvalue weighted by Crippen LogP contribution is -2.20. The van der Waals surface area contributed by atoms with Gasteiger partial charge >= 0.3 is 11.3 Å². The van der Waals surface area contributed by atoms with Gasteiger partial charge in [0.25, 0.3) is 0 Å². The standard InChI is InChI=1S/C31H30O6/c1-16-11-18(27-19-7-3-5-9-21(19)30(34)36-25(27)13-16)15-24(32)29(33)23-12-17(2)14-26-28(23)20-8-4-6-10-22(20)31(35)37-26/h11-14,29,33H,3-10,15H2,1-2H3. The van der Waals surface area contributed by atoms with Crippen LogP contribution in [0.1, 0.15) is 76.3 Å². The van der Waals surface area contributed by atoms with E-state index in [0.717, 1.165) is 71.7 Å². The summed E-state index contributed by atoms with van der Waals surface area (Å²) in [6.07, 6.45) is 5.28. The normalized spacial score (nSPS) is 16.0.